The summed E-state index contributed by atoms with van der Waals surface area (Å²) in [4.78, 5) is 10.9. The number of carboxylic acids is 1. The molecule has 2 aromatic rings. The molecule has 2 aromatic carbocycles. The van der Waals surface area contributed by atoms with Crippen LogP contribution in [0.1, 0.15) is 11.7 Å². The topological polar surface area (TPSA) is 57.5 Å². The Bertz CT molecular complexity index is 673. The van der Waals surface area contributed by atoms with Crippen molar-refractivity contribution in [3.8, 4) is 11.1 Å². The predicted octanol–water partition coefficient (Wildman–Crippen LogP) is 3.92. The van der Waals surface area contributed by atoms with E-state index in [0.717, 1.165) is 12.1 Å². The molecule has 0 aliphatic rings. The summed E-state index contributed by atoms with van der Waals surface area (Å²) in [5.41, 5.74) is 0.587. The zero-order valence-electron chi connectivity index (χ0n) is 9.98. The second kappa shape index (κ2) is 5.79. The Hall–Kier alpha value is -1.62. The molecule has 0 heterocycles. The first-order valence-corrected chi connectivity index (χ1v) is 6.32. The van der Waals surface area contributed by atoms with Crippen molar-refractivity contribution < 1.29 is 19.4 Å². The summed E-state index contributed by atoms with van der Waals surface area (Å²) in [6, 6.07) is 8.12. The van der Waals surface area contributed by atoms with Gasteiger partial charge in [0.1, 0.15) is 5.82 Å². The molecule has 0 amide bonds. The minimum atomic E-state index is -1.78. The van der Waals surface area contributed by atoms with Gasteiger partial charge < -0.3 is 10.2 Å². The van der Waals surface area contributed by atoms with Crippen LogP contribution in [0.4, 0.5) is 4.39 Å². The van der Waals surface area contributed by atoms with Gasteiger partial charge >= 0.3 is 5.97 Å². The van der Waals surface area contributed by atoms with Crippen LogP contribution in [0.25, 0.3) is 11.1 Å². The van der Waals surface area contributed by atoms with Crippen molar-refractivity contribution in [3.63, 3.8) is 0 Å². The number of rotatable bonds is 3. The van der Waals surface area contributed by atoms with E-state index in [1.54, 1.807) is 18.2 Å². The highest BCUT2D eigenvalue weighted by Gasteiger charge is 2.22. The van der Waals surface area contributed by atoms with Crippen LogP contribution in [-0.4, -0.2) is 16.2 Å². The van der Waals surface area contributed by atoms with Crippen molar-refractivity contribution in [1.82, 2.24) is 0 Å². The first kappa shape index (κ1) is 14.8. The van der Waals surface area contributed by atoms with Crippen molar-refractivity contribution in [2.75, 3.05) is 0 Å². The predicted molar refractivity (Wildman–Crippen MR) is 74.5 cm³/mol. The van der Waals surface area contributed by atoms with Gasteiger partial charge in [0.15, 0.2) is 6.10 Å². The third kappa shape index (κ3) is 2.77. The fraction of sp³-hybridized carbons (Fsp3) is 0.0714. The molecule has 1 unspecified atom stereocenters. The Morgan fingerprint density at radius 2 is 1.85 bits per heavy atom. The second-order valence-electron chi connectivity index (χ2n) is 4.07. The van der Waals surface area contributed by atoms with Gasteiger partial charge in [0.2, 0.25) is 0 Å². The maximum atomic E-state index is 13.4. The Labute approximate surface area is 124 Å². The Morgan fingerprint density at radius 3 is 2.50 bits per heavy atom. The van der Waals surface area contributed by atoms with E-state index in [0.29, 0.717) is 5.56 Å². The quantitative estimate of drug-likeness (QED) is 0.902. The van der Waals surface area contributed by atoms with E-state index in [-0.39, 0.29) is 21.2 Å². The van der Waals surface area contributed by atoms with Crippen LogP contribution < -0.4 is 0 Å². The molecule has 1 atom stereocenters. The van der Waals surface area contributed by atoms with Crippen LogP contribution in [-0.2, 0) is 4.79 Å². The molecule has 0 saturated carbocycles. The average Bonchev–Trinajstić information content (AvgIpc) is 2.41. The lowest BCUT2D eigenvalue weighted by atomic mass is 9.96. The fourth-order valence-electron chi connectivity index (χ4n) is 1.85. The highest BCUT2D eigenvalue weighted by molar-refractivity contribution is 6.43. The molecule has 0 aliphatic heterocycles. The number of aliphatic hydroxyl groups is 1. The molecule has 0 bridgehead atoms. The lowest BCUT2D eigenvalue weighted by molar-refractivity contribution is -0.146. The summed E-state index contributed by atoms with van der Waals surface area (Å²) < 4.78 is 13.4. The van der Waals surface area contributed by atoms with Gasteiger partial charge in [-0.3, -0.25) is 0 Å². The summed E-state index contributed by atoms with van der Waals surface area (Å²) in [6.45, 7) is 0. The molecule has 2 rings (SSSR count). The van der Waals surface area contributed by atoms with Crippen LogP contribution in [0.15, 0.2) is 36.4 Å². The van der Waals surface area contributed by atoms with Gasteiger partial charge in [-0.15, -0.1) is 0 Å². The highest BCUT2D eigenvalue weighted by Crippen LogP contribution is 2.37. The third-order valence-corrected chi connectivity index (χ3v) is 3.60. The van der Waals surface area contributed by atoms with E-state index in [2.05, 4.69) is 0 Å². The highest BCUT2D eigenvalue weighted by atomic mass is 35.5. The van der Waals surface area contributed by atoms with Gasteiger partial charge in [-0.1, -0.05) is 41.4 Å². The number of aliphatic carboxylic acids is 1. The fourth-order valence-corrected chi connectivity index (χ4v) is 2.25. The Kier molecular flexibility index (Phi) is 4.28. The van der Waals surface area contributed by atoms with Crippen molar-refractivity contribution in [3.05, 3.63) is 57.8 Å². The first-order valence-electron chi connectivity index (χ1n) is 5.56. The lowest BCUT2D eigenvalue weighted by Crippen LogP contribution is -2.11. The normalized spacial score (nSPS) is 12.2. The van der Waals surface area contributed by atoms with E-state index in [4.69, 9.17) is 28.3 Å². The second-order valence-corrected chi connectivity index (χ2v) is 4.86. The summed E-state index contributed by atoms with van der Waals surface area (Å²) in [7, 11) is 0. The summed E-state index contributed by atoms with van der Waals surface area (Å²) >= 11 is 11.9. The number of carbonyl (C=O) groups is 1. The Balaban J connectivity index is 2.69. The summed E-state index contributed by atoms with van der Waals surface area (Å²) in [5.74, 6) is -2.01. The number of hydrogen-bond donors (Lipinski definition) is 2. The number of benzene rings is 2. The molecule has 104 valence electrons. The van der Waals surface area contributed by atoms with Crippen molar-refractivity contribution in [1.29, 1.82) is 0 Å². The zero-order chi connectivity index (χ0) is 14.9. The van der Waals surface area contributed by atoms with Crippen molar-refractivity contribution in [2.24, 2.45) is 0 Å². The third-order valence-electron chi connectivity index (χ3n) is 2.79. The molecule has 0 aliphatic carbocycles. The van der Waals surface area contributed by atoms with Crippen LogP contribution in [0.5, 0.6) is 0 Å². The molecule has 3 nitrogen and oxygen atoms in total. The summed E-state index contributed by atoms with van der Waals surface area (Å²) in [5, 5.41) is 19.0. The van der Waals surface area contributed by atoms with Gasteiger partial charge in [-0.25, -0.2) is 9.18 Å². The molecule has 0 saturated heterocycles. The molecule has 20 heavy (non-hydrogen) atoms. The number of hydrogen-bond acceptors (Lipinski definition) is 2. The van der Waals surface area contributed by atoms with E-state index in [1.165, 1.54) is 6.07 Å². The van der Waals surface area contributed by atoms with Gasteiger partial charge in [-0.05, 0) is 29.3 Å². The van der Waals surface area contributed by atoms with Gasteiger partial charge in [0.25, 0.3) is 0 Å². The van der Waals surface area contributed by atoms with Crippen LogP contribution >= 0.6 is 23.2 Å². The summed E-state index contributed by atoms with van der Waals surface area (Å²) in [6.07, 6.45) is -1.78. The smallest absolute Gasteiger partial charge is 0.337 e. The maximum Gasteiger partial charge on any atom is 0.337 e. The number of aliphatic hydroxyl groups excluding tert-OH is 1. The van der Waals surface area contributed by atoms with Gasteiger partial charge in [0, 0.05) is 5.56 Å². The van der Waals surface area contributed by atoms with E-state index in [9.17, 15) is 14.3 Å². The minimum Gasteiger partial charge on any atom is -0.479 e. The van der Waals surface area contributed by atoms with Crippen molar-refractivity contribution >= 4 is 29.2 Å². The number of halogens is 3. The van der Waals surface area contributed by atoms with Gasteiger partial charge in [0.05, 0.1) is 10.0 Å². The maximum absolute atomic E-state index is 13.4. The Morgan fingerprint density at radius 1 is 1.15 bits per heavy atom. The average molecular weight is 315 g/mol. The van der Waals surface area contributed by atoms with Crippen molar-refractivity contribution in [2.45, 2.75) is 6.10 Å². The number of carboxylic acid groups (broad SMARTS) is 1. The molecular weight excluding hydrogens is 306 g/mol. The van der Waals surface area contributed by atoms with Crippen LogP contribution in [0, 0.1) is 5.82 Å². The molecule has 0 spiro atoms. The molecule has 0 radical (unpaired) electrons. The van der Waals surface area contributed by atoms with E-state index in [1.807, 2.05) is 0 Å². The largest absolute Gasteiger partial charge is 0.479 e. The monoisotopic (exact) mass is 314 g/mol. The SMILES string of the molecule is O=C(O)C(O)c1ccc(F)cc1-c1cccc(Cl)c1Cl. The first-order chi connectivity index (χ1) is 9.41. The zero-order valence-corrected chi connectivity index (χ0v) is 11.5. The van der Waals surface area contributed by atoms with E-state index >= 15 is 0 Å². The lowest BCUT2D eigenvalue weighted by Gasteiger charge is -2.14. The minimum absolute atomic E-state index is 0.0445. The van der Waals surface area contributed by atoms with Gasteiger partial charge in [-0.2, -0.15) is 0 Å². The molecular formula is C14H9Cl2FO3. The molecule has 2 N–H and O–H groups in total. The van der Waals surface area contributed by atoms with Crippen LogP contribution in [0.3, 0.4) is 0 Å². The standard InChI is InChI=1S/C14H9Cl2FO3/c15-11-3-1-2-8(12(11)16)10-6-7(17)4-5-9(10)13(18)14(19)20/h1-6,13,18H,(H,19,20). The molecule has 6 heteroatoms. The van der Waals surface area contributed by atoms with E-state index < -0.39 is 17.9 Å². The molecule has 0 aromatic heterocycles. The molecule has 0 fully saturated rings. The van der Waals surface area contributed by atoms with Crippen LogP contribution in [0.2, 0.25) is 10.0 Å².